The largest absolute Gasteiger partial charge is 0.480 e. The van der Waals surface area contributed by atoms with E-state index < -0.39 is 24.5 Å². The molecule has 1 aromatic heterocycles. The van der Waals surface area contributed by atoms with Crippen molar-refractivity contribution in [1.82, 2.24) is 10.3 Å². The van der Waals surface area contributed by atoms with Gasteiger partial charge >= 0.3 is 5.97 Å². The number of hydrogen-bond donors (Lipinski definition) is 4. The number of nitrogens with one attached hydrogen (secondary N) is 1. The summed E-state index contributed by atoms with van der Waals surface area (Å²) in [6, 6.07) is -1.32. The first kappa shape index (κ1) is 12.4. The number of carbonyl (C=O) groups is 2. The monoisotopic (exact) mass is 245 g/mol. The molecule has 1 rings (SSSR count). The van der Waals surface area contributed by atoms with Gasteiger partial charge in [-0.25, -0.2) is 9.78 Å². The molecular weight excluding hydrogens is 234 g/mol. The van der Waals surface area contributed by atoms with Crippen LogP contribution in [-0.4, -0.2) is 39.7 Å². The van der Waals surface area contributed by atoms with Crippen LogP contribution in [0.1, 0.15) is 15.4 Å². The van der Waals surface area contributed by atoms with E-state index in [1.165, 1.54) is 0 Å². The first-order chi connectivity index (χ1) is 7.45. The van der Waals surface area contributed by atoms with E-state index in [0.717, 1.165) is 11.3 Å². The van der Waals surface area contributed by atoms with Crippen LogP contribution in [0.4, 0.5) is 5.13 Å². The number of aromatic nitrogens is 1. The van der Waals surface area contributed by atoms with Crippen molar-refractivity contribution in [3.63, 3.8) is 0 Å². The molecule has 0 fully saturated rings. The highest BCUT2D eigenvalue weighted by Crippen LogP contribution is 2.19. The summed E-state index contributed by atoms with van der Waals surface area (Å²) < 4.78 is 0. The standard InChI is InChI=1S/C8H11N3O4S/c1-3-5(16-8(9)10-3)6(13)11-4(2-12)7(14)15/h4,12H,2H2,1H3,(H2,9,10)(H,11,13)(H,14,15). The Labute approximate surface area is 94.9 Å². The minimum Gasteiger partial charge on any atom is -0.480 e. The van der Waals surface area contributed by atoms with Gasteiger partial charge in [-0.05, 0) is 6.92 Å². The molecule has 16 heavy (non-hydrogen) atoms. The molecule has 0 radical (unpaired) electrons. The third-order valence-corrected chi connectivity index (χ3v) is 2.79. The molecule has 88 valence electrons. The number of thiazole rings is 1. The molecule has 0 spiro atoms. The molecule has 1 heterocycles. The quantitative estimate of drug-likeness (QED) is 0.550. The number of nitrogens with two attached hydrogens (primary N) is 1. The van der Waals surface area contributed by atoms with Crippen LogP contribution in [-0.2, 0) is 4.79 Å². The zero-order valence-corrected chi connectivity index (χ0v) is 9.24. The van der Waals surface area contributed by atoms with Crippen LogP contribution in [0, 0.1) is 6.92 Å². The van der Waals surface area contributed by atoms with Gasteiger partial charge in [-0.3, -0.25) is 4.79 Å². The smallest absolute Gasteiger partial charge is 0.328 e. The number of hydrogen-bond acceptors (Lipinski definition) is 6. The number of rotatable bonds is 4. The van der Waals surface area contributed by atoms with Crippen LogP contribution >= 0.6 is 11.3 Å². The van der Waals surface area contributed by atoms with E-state index in [-0.39, 0.29) is 10.0 Å². The summed E-state index contributed by atoms with van der Waals surface area (Å²) in [6.45, 7) is 0.922. The van der Waals surface area contributed by atoms with Crippen molar-refractivity contribution in [2.45, 2.75) is 13.0 Å². The summed E-state index contributed by atoms with van der Waals surface area (Å²) in [7, 11) is 0. The summed E-state index contributed by atoms with van der Waals surface area (Å²) in [5.41, 5.74) is 5.83. The Morgan fingerprint density at radius 2 is 2.25 bits per heavy atom. The number of nitrogen functional groups attached to an aromatic ring is 1. The Balaban J connectivity index is 2.79. The van der Waals surface area contributed by atoms with Crippen LogP contribution < -0.4 is 11.1 Å². The predicted octanol–water partition coefficient (Wildman–Crippen LogP) is -0.791. The van der Waals surface area contributed by atoms with E-state index in [1.54, 1.807) is 6.92 Å². The number of aliphatic carboxylic acids is 1. The molecule has 0 aliphatic heterocycles. The highest BCUT2D eigenvalue weighted by atomic mass is 32.1. The molecule has 0 aliphatic carbocycles. The second-order valence-corrected chi connectivity index (χ2v) is 4.04. The lowest BCUT2D eigenvalue weighted by atomic mass is 10.3. The zero-order chi connectivity index (χ0) is 12.3. The van der Waals surface area contributed by atoms with Gasteiger partial charge < -0.3 is 21.3 Å². The van der Waals surface area contributed by atoms with Crippen molar-refractivity contribution in [3.8, 4) is 0 Å². The van der Waals surface area contributed by atoms with E-state index >= 15 is 0 Å². The molecule has 0 bridgehead atoms. The number of anilines is 1. The number of aliphatic hydroxyl groups excluding tert-OH is 1. The van der Waals surface area contributed by atoms with E-state index in [2.05, 4.69) is 10.3 Å². The van der Waals surface area contributed by atoms with E-state index in [1.807, 2.05) is 0 Å². The van der Waals surface area contributed by atoms with Crippen LogP contribution in [0.5, 0.6) is 0 Å². The lowest BCUT2D eigenvalue weighted by molar-refractivity contribution is -0.140. The molecule has 1 atom stereocenters. The summed E-state index contributed by atoms with van der Waals surface area (Å²) in [4.78, 5) is 26.2. The molecule has 0 saturated carbocycles. The number of carboxylic acids is 1. The van der Waals surface area contributed by atoms with Gasteiger partial charge in [0, 0.05) is 0 Å². The maximum Gasteiger partial charge on any atom is 0.328 e. The number of aryl methyl sites for hydroxylation is 1. The Bertz CT molecular complexity index is 417. The fraction of sp³-hybridized carbons (Fsp3) is 0.375. The number of carbonyl (C=O) groups excluding carboxylic acids is 1. The maximum absolute atomic E-state index is 11.6. The van der Waals surface area contributed by atoms with Gasteiger partial charge in [0.1, 0.15) is 4.88 Å². The minimum absolute atomic E-state index is 0.235. The van der Waals surface area contributed by atoms with Gasteiger partial charge in [0.25, 0.3) is 5.91 Å². The second-order valence-electron chi connectivity index (χ2n) is 3.01. The Morgan fingerprint density at radius 1 is 1.62 bits per heavy atom. The molecule has 1 amide bonds. The van der Waals surface area contributed by atoms with Crippen LogP contribution in [0.3, 0.4) is 0 Å². The number of nitrogens with zero attached hydrogens (tertiary/aromatic N) is 1. The normalized spacial score (nSPS) is 12.1. The van der Waals surface area contributed by atoms with Gasteiger partial charge in [-0.2, -0.15) is 0 Å². The summed E-state index contributed by atoms with van der Waals surface area (Å²) in [5.74, 6) is -1.90. The molecule has 1 aromatic rings. The first-order valence-corrected chi connectivity index (χ1v) is 5.14. The predicted molar refractivity (Wildman–Crippen MR) is 57.2 cm³/mol. The molecule has 7 nitrogen and oxygen atoms in total. The number of carboxylic acid groups (broad SMARTS) is 1. The van der Waals surface area contributed by atoms with Gasteiger partial charge in [0.05, 0.1) is 12.3 Å². The third kappa shape index (κ3) is 2.67. The third-order valence-electron chi connectivity index (χ3n) is 1.81. The lowest BCUT2D eigenvalue weighted by Gasteiger charge is -2.10. The fourth-order valence-electron chi connectivity index (χ4n) is 1.04. The highest BCUT2D eigenvalue weighted by Gasteiger charge is 2.22. The summed E-state index contributed by atoms with van der Waals surface area (Å²) >= 11 is 0.967. The average Bonchev–Trinajstić information content (AvgIpc) is 2.53. The van der Waals surface area contributed by atoms with E-state index in [9.17, 15) is 9.59 Å². The second kappa shape index (κ2) is 4.90. The average molecular weight is 245 g/mol. The van der Waals surface area contributed by atoms with Crippen molar-refractivity contribution < 1.29 is 19.8 Å². The van der Waals surface area contributed by atoms with Gasteiger partial charge in [0.2, 0.25) is 0 Å². The van der Waals surface area contributed by atoms with Crippen molar-refractivity contribution in [3.05, 3.63) is 10.6 Å². The van der Waals surface area contributed by atoms with E-state index in [4.69, 9.17) is 15.9 Å². The molecule has 1 unspecified atom stereocenters. The van der Waals surface area contributed by atoms with Gasteiger partial charge in [0.15, 0.2) is 11.2 Å². The van der Waals surface area contributed by atoms with Crippen molar-refractivity contribution in [2.75, 3.05) is 12.3 Å². The van der Waals surface area contributed by atoms with Crippen molar-refractivity contribution in [1.29, 1.82) is 0 Å². The minimum atomic E-state index is -1.32. The SMILES string of the molecule is Cc1nc(N)sc1C(=O)NC(CO)C(=O)O. The van der Waals surface area contributed by atoms with Crippen molar-refractivity contribution in [2.24, 2.45) is 0 Å². The first-order valence-electron chi connectivity index (χ1n) is 4.33. The summed E-state index contributed by atoms with van der Waals surface area (Å²) in [6.07, 6.45) is 0. The fourth-order valence-corrected chi connectivity index (χ4v) is 1.77. The Kier molecular flexibility index (Phi) is 3.80. The molecular formula is C8H11N3O4S. The molecule has 0 aromatic carbocycles. The molecule has 0 aliphatic rings. The molecule has 5 N–H and O–H groups in total. The number of aliphatic hydroxyl groups is 1. The van der Waals surface area contributed by atoms with Crippen LogP contribution in [0.25, 0.3) is 0 Å². The maximum atomic E-state index is 11.6. The molecule has 0 saturated heterocycles. The van der Waals surface area contributed by atoms with Crippen LogP contribution in [0.2, 0.25) is 0 Å². The zero-order valence-electron chi connectivity index (χ0n) is 8.43. The Hall–Kier alpha value is -1.67. The molecule has 8 heteroatoms. The topological polar surface area (TPSA) is 126 Å². The van der Waals surface area contributed by atoms with Gasteiger partial charge in [-0.1, -0.05) is 11.3 Å². The van der Waals surface area contributed by atoms with Crippen LogP contribution in [0.15, 0.2) is 0 Å². The summed E-state index contributed by atoms with van der Waals surface area (Å²) in [5, 5.41) is 19.8. The van der Waals surface area contributed by atoms with E-state index in [0.29, 0.717) is 5.69 Å². The highest BCUT2D eigenvalue weighted by molar-refractivity contribution is 7.17. The number of amides is 1. The lowest BCUT2D eigenvalue weighted by Crippen LogP contribution is -2.43. The van der Waals surface area contributed by atoms with Crippen molar-refractivity contribution >= 4 is 28.3 Å². The van der Waals surface area contributed by atoms with Gasteiger partial charge in [-0.15, -0.1) is 0 Å². The Morgan fingerprint density at radius 3 is 2.62 bits per heavy atom.